The standard InChI is InChI=1S/C44H51ClN10O7S/c1-52(63(3,60)61)36-7-5-4-6-34(36)48-40-33(45)25-47-44(51-40)49-35-11-9-30(23-38(35)62-2)54-20-16-28(17-21-54)26-53-18-14-27(15-19-53)24-46-29-8-10-31-32(22-29)43(59)55(42(31)58)37-12-13-39(56)50-41(37)57/h4-11,22-23,25,27-28,37,46H,12-21,24,26H2,1-3H3,(H,50,56,57)(H2,47,48,49,51). The first kappa shape index (κ1) is 43.7. The lowest BCUT2D eigenvalue weighted by Gasteiger charge is -2.38. The molecule has 4 aliphatic heterocycles. The number of carbonyl (C=O) groups excluding carboxylic acids is 4. The maximum Gasteiger partial charge on any atom is 0.262 e. The molecule has 4 aromatic rings. The van der Waals surface area contributed by atoms with E-state index in [1.165, 1.54) is 17.5 Å². The first-order chi connectivity index (χ1) is 30.2. The average Bonchev–Trinajstić information content (AvgIpc) is 3.52. The number of ether oxygens (including phenoxy) is 1. The van der Waals surface area contributed by atoms with Crippen LogP contribution in [0, 0.1) is 11.8 Å². The number of rotatable bonds is 14. The van der Waals surface area contributed by atoms with E-state index in [0.717, 1.165) is 87.5 Å². The number of benzene rings is 3. The summed E-state index contributed by atoms with van der Waals surface area (Å²) in [5, 5.41) is 12.4. The van der Waals surface area contributed by atoms with Crippen molar-refractivity contribution in [1.82, 2.24) is 25.1 Å². The van der Waals surface area contributed by atoms with Crippen molar-refractivity contribution in [2.45, 2.75) is 44.6 Å². The van der Waals surface area contributed by atoms with Crippen LogP contribution in [-0.4, -0.2) is 118 Å². The molecule has 0 aliphatic carbocycles. The van der Waals surface area contributed by atoms with Crippen LogP contribution in [0.1, 0.15) is 59.2 Å². The molecule has 3 fully saturated rings. The number of hydrogen-bond donors (Lipinski definition) is 4. The number of halogens is 1. The van der Waals surface area contributed by atoms with Crippen LogP contribution in [-0.2, 0) is 19.6 Å². The summed E-state index contributed by atoms with van der Waals surface area (Å²) in [7, 11) is -0.400. The van der Waals surface area contributed by atoms with Crippen molar-refractivity contribution in [3.63, 3.8) is 0 Å². The molecule has 4 aliphatic rings. The molecular formula is C44H51ClN10O7S. The molecule has 3 saturated heterocycles. The Hall–Kier alpha value is -5.98. The lowest BCUT2D eigenvalue weighted by atomic mass is 9.92. The predicted octanol–water partition coefficient (Wildman–Crippen LogP) is 5.46. The first-order valence-corrected chi connectivity index (χ1v) is 23.3. The van der Waals surface area contributed by atoms with Crippen LogP contribution in [0.4, 0.5) is 40.2 Å². The van der Waals surface area contributed by atoms with Gasteiger partial charge in [0.05, 0.1) is 47.8 Å². The van der Waals surface area contributed by atoms with Crippen molar-refractivity contribution < 1.29 is 32.3 Å². The number of para-hydroxylation sites is 2. The molecule has 0 radical (unpaired) electrons. The Morgan fingerprint density at radius 1 is 0.873 bits per heavy atom. The number of piperidine rings is 3. The fraction of sp³-hybridized carbons (Fsp3) is 0.409. The Balaban J connectivity index is 0.795. The van der Waals surface area contributed by atoms with E-state index in [1.807, 2.05) is 12.1 Å². The summed E-state index contributed by atoms with van der Waals surface area (Å²) in [6.45, 7) is 5.76. The van der Waals surface area contributed by atoms with E-state index in [1.54, 1.807) is 49.6 Å². The summed E-state index contributed by atoms with van der Waals surface area (Å²) in [6, 6.07) is 17.2. The SMILES string of the molecule is COc1cc(N2CCC(CN3CCC(CNc4ccc5c(c4)C(=O)N(C4CCC(=O)NC4=O)C5=O)CC3)CC2)ccc1Nc1ncc(Cl)c(Nc2ccccc2N(C)S(C)(=O)=O)n1. The van der Waals surface area contributed by atoms with Gasteiger partial charge in [-0.15, -0.1) is 0 Å². The molecule has 17 nitrogen and oxygen atoms in total. The molecule has 1 unspecified atom stereocenters. The van der Waals surface area contributed by atoms with E-state index in [-0.39, 0.29) is 34.9 Å². The molecule has 19 heteroatoms. The fourth-order valence-electron chi connectivity index (χ4n) is 8.73. The summed E-state index contributed by atoms with van der Waals surface area (Å²) in [5.74, 6) is 0.279. The van der Waals surface area contributed by atoms with Crippen LogP contribution in [0.25, 0.3) is 0 Å². The number of aromatic nitrogens is 2. The largest absolute Gasteiger partial charge is 0.494 e. The second-order valence-corrected chi connectivity index (χ2v) is 19.0. The molecule has 4 amide bonds. The zero-order valence-corrected chi connectivity index (χ0v) is 37.0. The van der Waals surface area contributed by atoms with Gasteiger partial charge in [0.2, 0.25) is 27.8 Å². The highest BCUT2D eigenvalue weighted by atomic mass is 35.5. The summed E-state index contributed by atoms with van der Waals surface area (Å²) < 4.78 is 31.5. The Kier molecular flexibility index (Phi) is 12.7. The van der Waals surface area contributed by atoms with E-state index in [4.69, 9.17) is 16.3 Å². The Morgan fingerprint density at radius 3 is 2.33 bits per heavy atom. The van der Waals surface area contributed by atoms with Gasteiger partial charge in [0.1, 0.15) is 16.8 Å². The van der Waals surface area contributed by atoms with Gasteiger partial charge in [0.15, 0.2) is 5.82 Å². The molecule has 4 N–H and O–H groups in total. The molecule has 0 bridgehead atoms. The second-order valence-electron chi connectivity index (χ2n) is 16.5. The molecule has 1 atom stereocenters. The normalized spacial score (nSPS) is 18.9. The predicted molar refractivity (Wildman–Crippen MR) is 242 cm³/mol. The quantitative estimate of drug-likeness (QED) is 0.116. The maximum absolute atomic E-state index is 13.2. The lowest BCUT2D eigenvalue weighted by molar-refractivity contribution is -0.136. The van der Waals surface area contributed by atoms with Crippen LogP contribution in [0.15, 0.2) is 66.9 Å². The van der Waals surface area contributed by atoms with Crippen molar-refractivity contribution in [3.05, 3.63) is 83.0 Å². The van der Waals surface area contributed by atoms with Crippen molar-refractivity contribution in [2.24, 2.45) is 11.8 Å². The zero-order chi connectivity index (χ0) is 44.4. The third-order valence-electron chi connectivity index (χ3n) is 12.4. The van der Waals surface area contributed by atoms with Gasteiger partial charge in [0, 0.05) is 57.1 Å². The lowest BCUT2D eigenvalue weighted by Crippen LogP contribution is -2.54. The van der Waals surface area contributed by atoms with E-state index >= 15 is 0 Å². The van der Waals surface area contributed by atoms with E-state index < -0.39 is 39.7 Å². The molecular weight excluding hydrogens is 848 g/mol. The molecule has 0 spiro atoms. The number of nitrogens with one attached hydrogen (secondary N) is 4. The number of hydrogen-bond acceptors (Lipinski definition) is 14. The van der Waals surface area contributed by atoms with Crippen LogP contribution in [0.3, 0.4) is 0 Å². The van der Waals surface area contributed by atoms with E-state index in [9.17, 15) is 27.6 Å². The Morgan fingerprint density at radius 2 is 1.60 bits per heavy atom. The molecule has 332 valence electrons. The van der Waals surface area contributed by atoms with Crippen molar-refractivity contribution in [3.8, 4) is 5.75 Å². The zero-order valence-electron chi connectivity index (χ0n) is 35.4. The van der Waals surface area contributed by atoms with Crippen LogP contribution in [0.2, 0.25) is 5.02 Å². The molecule has 8 rings (SSSR count). The van der Waals surface area contributed by atoms with Gasteiger partial charge in [-0.25, -0.2) is 13.4 Å². The smallest absolute Gasteiger partial charge is 0.262 e. The minimum atomic E-state index is -3.51. The van der Waals surface area contributed by atoms with Gasteiger partial charge < -0.3 is 30.5 Å². The number of amides is 4. The minimum absolute atomic E-state index is 0.0853. The second kappa shape index (κ2) is 18.4. The van der Waals surface area contributed by atoms with Crippen molar-refractivity contribution in [2.75, 3.05) is 84.8 Å². The number of methoxy groups -OCH3 is 1. The van der Waals surface area contributed by atoms with Crippen molar-refractivity contribution in [1.29, 1.82) is 0 Å². The van der Waals surface area contributed by atoms with E-state index in [2.05, 4.69) is 47.1 Å². The van der Waals surface area contributed by atoms with Crippen LogP contribution >= 0.6 is 11.6 Å². The molecule has 63 heavy (non-hydrogen) atoms. The number of likely N-dealkylation sites (tertiary alicyclic amines) is 1. The summed E-state index contributed by atoms with van der Waals surface area (Å²) >= 11 is 6.47. The van der Waals surface area contributed by atoms with Gasteiger partial charge in [-0.1, -0.05) is 23.7 Å². The summed E-state index contributed by atoms with van der Waals surface area (Å²) in [4.78, 5) is 65.2. The number of carbonyl (C=O) groups is 4. The Bertz CT molecular complexity index is 2530. The van der Waals surface area contributed by atoms with Gasteiger partial charge in [-0.2, -0.15) is 4.98 Å². The number of fused-ring (bicyclic) bond motifs is 1. The minimum Gasteiger partial charge on any atom is -0.494 e. The molecule has 3 aromatic carbocycles. The molecule has 0 saturated carbocycles. The fourth-order valence-corrected chi connectivity index (χ4v) is 9.39. The van der Waals surface area contributed by atoms with Gasteiger partial charge in [0.25, 0.3) is 11.8 Å². The molecule has 5 heterocycles. The van der Waals surface area contributed by atoms with Gasteiger partial charge in [-0.05, 0) is 99.5 Å². The monoisotopic (exact) mass is 898 g/mol. The highest BCUT2D eigenvalue weighted by molar-refractivity contribution is 7.92. The first-order valence-electron chi connectivity index (χ1n) is 21.1. The van der Waals surface area contributed by atoms with Crippen molar-refractivity contribution >= 4 is 85.5 Å². The van der Waals surface area contributed by atoms with Gasteiger partial charge >= 0.3 is 0 Å². The maximum atomic E-state index is 13.2. The topological polar surface area (TPSA) is 199 Å². The number of sulfonamides is 1. The summed E-state index contributed by atoms with van der Waals surface area (Å²) in [5.41, 5.74) is 4.01. The third kappa shape index (κ3) is 9.67. The highest BCUT2D eigenvalue weighted by Gasteiger charge is 2.44. The summed E-state index contributed by atoms with van der Waals surface area (Å²) in [6.07, 6.45) is 7.12. The number of anilines is 7. The van der Waals surface area contributed by atoms with Crippen LogP contribution < -0.4 is 35.2 Å². The number of imide groups is 2. The Labute approximate surface area is 371 Å². The van der Waals surface area contributed by atoms with E-state index in [0.29, 0.717) is 40.5 Å². The third-order valence-corrected chi connectivity index (χ3v) is 13.9. The number of nitrogens with zero attached hydrogens (tertiary/aromatic N) is 6. The average molecular weight is 899 g/mol. The van der Waals surface area contributed by atoms with Crippen LogP contribution in [0.5, 0.6) is 5.75 Å². The molecule has 1 aromatic heterocycles. The van der Waals surface area contributed by atoms with Gasteiger partial charge in [-0.3, -0.25) is 33.7 Å². The highest BCUT2D eigenvalue weighted by Crippen LogP contribution is 2.36.